The predicted molar refractivity (Wildman–Crippen MR) is 85.3 cm³/mol. The fourth-order valence-corrected chi connectivity index (χ4v) is 2.28. The molecule has 4 heteroatoms. The van der Waals surface area contributed by atoms with Crippen LogP contribution in [0.3, 0.4) is 0 Å². The van der Waals surface area contributed by atoms with E-state index < -0.39 is 0 Å². The Hall–Kier alpha value is -1.87. The smallest absolute Gasteiger partial charge is 0.220 e. The largest absolute Gasteiger partial charge is 0.350 e. The molecule has 1 N–H and O–H groups in total. The van der Waals surface area contributed by atoms with E-state index in [0.717, 1.165) is 21.7 Å². The van der Waals surface area contributed by atoms with Crippen LogP contribution in [0.25, 0.3) is 0 Å². The molecule has 1 atom stereocenters. The van der Waals surface area contributed by atoms with Gasteiger partial charge in [-0.3, -0.25) is 9.78 Å². The Morgan fingerprint density at radius 1 is 1.38 bits per heavy atom. The first-order valence-electron chi connectivity index (χ1n) is 7.00. The molecular weight excluding hydrogens is 284 g/mol. The lowest BCUT2D eigenvalue weighted by Gasteiger charge is -2.14. The van der Waals surface area contributed by atoms with Gasteiger partial charge in [0, 0.05) is 23.8 Å². The van der Waals surface area contributed by atoms with Crippen molar-refractivity contribution < 1.29 is 4.79 Å². The number of amides is 1. The summed E-state index contributed by atoms with van der Waals surface area (Å²) in [6.45, 7) is 3.92. The Morgan fingerprint density at radius 3 is 2.86 bits per heavy atom. The summed E-state index contributed by atoms with van der Waals surface area (Å²) in [4.78, 5) is 16.0. The maximum Gasteiger partial charge on any atom is 0.220 e. The zero-order valence-electron chi connectivity index (χ0n) is 12.3. The average Bonchev–Trinajstić information content (AvgIpc) is 2.49. The van der Waals surface area contributed by atoms with Gasteiger partial charge in [-0.25, -0.2) is 0 Å². The molecule has 0 saturated carbocycles. The van der Waals surface area contributed by atoms with E-state index in [1.165, 1.54) is 0 Å². The number of nitrogens with zero attached hydrogens (tertiary/aromatic N) is 1. The SMILES string of the molecule is Cc1ccc(CCC(=O)NC(C)c2cccnc2)cc1Cl. The first-order valence-corrected chi connectivity index (χ1v) is 7.38. The van der Waals surface area contributed by atoms with Gasteiger partial charge in [0.25, 0.3) is 0 Å². The van der Waals surface area contributed by atoms with E-state index in [1.807, 2.05) is 44.2 Å². The Balaban J connectivity index is 1.86. The van der Waals surface area contributed by atoms with Crippen LogP contribution in [0, 0.1) is 6.92 Å². The summed E-state index contributed by atoms with van der Waals surface area (Å²) in [7, 11) is 0. The van der Waals surface area contributed by atoms with Crippen LogP contribution >= 0.6 is 11.6 Å². The van der Waals surface area contributed by atoms with Gasteiger partial charge < -0.3 is 5.32 Å². The summed E-state index contributed by atoms with van der Waals surface area (Å²) in [5.74, 6) is 0.0306. The molecule has 0 radical (unpaired) electrons. The minimum atomic E-state index is -0.0344. The number of rotatable bonds is 5. The first kappa shape index (κ1) is 15.5. The summed E-state index contributed by atoms with van der Waals surface area (Å²) in [6, 6.07) is 9.71. The van der Waals surface area contributed by atoms with Crippen molar-refractivity contribution in [2.24, 2.45) is 0 Å². The van der Waals surface area contributed by atoms with Gasteiger partial charge in [0.15, 0.2) is 0 Å². The van der Waals surface area contributed by atoms with Gasteiger partial charge >= 0.3 is 0 Å². The molecular formula is C17H19ClN2O. The van der Waals surface area contributed by atoms with Crippen molar-refractivity contribution in [3.63, 3.8) is 0 Å². The molecule has 1 unspecified atom stereocenters. The number of pyridine rings is 1. The zero-order chi connectivity index (χ0) is 15.2. The number of benzene rings is 1. The predicted octanol–water partition coefficient (Wildman–Crippen LogP) is 3.85. The topological polar surface area (TPSA) is 42.0 Å². The van der Waals surface area contributed by atoms with Crippen LogP contribution in [0.2, 0.25) is 5.02 Å². The Bertz CT molecular complexity index is 613. The minimum Gasteiger partial charge on any atom is -0.350 e. The van der Waals surface area contributed by atoms with Gasteiger partial charge in [-0.15, -0.1) is 0 Å². The van der Waals surface area contributed by atoms with Crippen molar-refractivity contribution in [2.75, 3.05) is 0 Å². The number of carbonyl (C=O) groups excluding carboxylic acids is 1. The number of aromatic nitrogens is 1. The lowest BCUT2D eigenvalue weighted by atomic mass is 10.1. The van der Waals surface area contributed by atoms with Crippen molar-refractivity contribution in [3.8, 4) is 0 Å². The van der Waals surface area contributed by atoms with Crippen LogP contribution in [-0.4, -0.2) is 10.9 Å². The van der Waals surface area contributed by atoms with E-state index in [4.69, 9.17) is 11.6 Å². The average molecular weight is 303 g/mol. The van der Waals surface area contributed by atoms with Crippen LogP contribution < -0.4 is 5.32 Å². The molecule has 110 valence electrons. The highest BCUT2D eigenvalue weighted by atomic mass is 35.5. The quantitative estimate of drug-likeness (QED) is 0.911. The second-order valence-electron chi connectivity index (χ2n) is 5.16. The maximum atomic E-state index is 12.0. The normalized spacial score (nSPS) is 12.0. The van der Waals surface area contributed by atoms with Crippen molar-refractivity contribution in [1.82, 2.24) is 10.3 Å². The van der Waals surface area contributed by atoms with Gasteiger partial charge in [0.05, 0.1) is 6.04 Å². The molecule has 0 spiro atoms. The fourth-order valence-electron chi connectivity index (χ4n) is 2.08. The lowest BCUT2D eigenvalue weighted by molar-refractivity contribution is -0.121. The van der Waals surface area contributed by atoms with Crippen molar-refractivity contribution in [2.45, 2.75) is 32.7 Å². The number of nitrogens with one attached hydrogen (secondary N) is 1. The lowest BCUT2D eigenvalue weighted by Crippen LogP contribution is -2.26. The van der Waals surface area contributed by atoms with Crippen LogP contribution in [0.5, 0.6) is 0 Å². The maximum absolute atomic E-state index is 12.0. The van der Waals surface area contributed by atoms with E-state index in [2.05, 4.69) is 10.3 Å². The van der Waals surface area contributed by atoms with Crippen LogP contribution in [0.1, 0.15) is 36.1 Å². The Kier molecular flexibility index (Phi) is 5.34. The third kappa shape index (κ3) is 4.57. The highest BCUT2D eigenvalue weighted by Crippen LogP contribution is 2.18. The number of carbonyl (C=O) groups is 1. The van der Waals surface area contributed by atoms with E-state index in [0.29, 0.717) is 12.8 Å². The van der Waals surface area contributed by atoms with Crippen molar-refractivity contribution in [3.05, 3.63) is 64.4 Å². The molecule has 21 heavy (non-hydrogen) atoms. The number of halogens is 1. The highest BCUT2D eigenvalue weighted by Gasteiger charge is 2.09. The Morgan fingerprint density at radius 2 is 2.19 bits per heavy atom. The van der Waals surface area contributed by atoms with Crippen LogP contribution in [0.4, 0.5) is 0 Å². The molecule has 1 heterocycles. The molecule has 0 saturated heterocycles. The summed E-state index contributed by atoms with van der Waals surface area (Å²) in [5.41, 5.74) is 3.13. The summed E-state index contributed by atoms with van der Waals surface area (Å²) < 4.78 is 0. The Labute approximate surface area is 130 Å². The van der Waals surface area contributed by atoms with Gasteiger partial charge in [0.1, 0.15) is 0 Å². The molecule has 0 aliphatic carbocycles. The van der Waals surface area contributed by atoms with Gasteiger partial charge in [-0.1, -0.05) is 29.8 Å². The van der Waals surface area contributed by atoms with Gasteiger partial charge in [-0.05, 0) is 49.1 Å². The van der Waals surface area contributed by atoms with Crippen molar-refractivity contribution in [1.29, 1.82) is 0 Å². The molecule has 1 aromatic heterocycles. The van der Waals surface area contributed by atoms with E-state index in [-0.39, 0.29) is 11.9 Å². The van der Waals surface area contributed by atoms with Crippen LogP contribution in [0.15, 0.2) is 42.7 Å². The van der Waals surface area contributed by atoms with Gasteiger partial charge in [-0.2, -0.15) is 0 Å². The molecule has 0 aliphatic rings. The van der Waals surface area contributed by atoms with E-state index in [9.17, 15) is 4.79 Å². The van der Waals surface area contributed by atoms with Crippen LogP contribution in [-0.2, 0) is 11.2 Å². The standard InChI is InChI=1S/C17H19ClN2O/c1-12-5-6-14(10-16(12)18)7-8-17(21)20-13(2)15-4-3-9-19-11-15/h3-6,9-11,13H,7-8H2,1-2H3,(H,20,21). The second-order valence-corrected chi connectivity index (χ2v) is 5.57. The summed E-state index contributed by atoms with van der Waals surface area (Å²) >= 11 is 6.09. The molecule has 2 rings (SSSR count). The third-order valence-corrected chi connectivity index (χ3v) is 3.85. The molecule has 0 fully saturated rings. The number of hydrogen-bond donors (Lipinski definition) is 1. The molecule has 2 aromatic rings. The molecule has 1 aromatic carbocycles. The number of hydrogen-bond acceptors (Lipinski definition) is 2. The van der Waals surface area contributed by atoms with E-state index in [1.54, 1.807) is 12.4 Å². The molecule has 3 nitrogen and oxygen atoms in total. The van der Waals surface area contributed by atoms with Gasteiger partial charge in [0.2, 0.25) is 5.91 Å². The third-order valence-electron chi connectivity index (χ3n) is 3.44. The second kappa shape index (κ2) is 7.23. The summed E-state index contributed by atoms with van der Waals surface area (Å²) in [5, 5.41) is 3.73. The van der Waals surface area contributed by atoms with Crippen molar-refractivity contribution >= 4 is 17.5 Å². The molecule has 1 amide bonds. The highest BCUT2D eigenvalue weighted by molar-refractivity contribution is 6.31. The fraction of sp³-hybridized carbons (Fsp3) is 0.294. The number of aryl methyl sites for hydroxylation is 2. The molecule has 0 bridgehead atoms. The molecule has 0 aliphatic heterocycles. The van der Waals surface area contributed by atoms with E-state index >= 15 is 0 Å². The zero-order valence-corrected chi connectivity index (χ0v) is 13.0. The minimum absolute atomic E-state index is 0.0306. The summed E-state index contributed by atoms with van der Waals surface area (Å²) in [6.07, 6.45) is 4.62. The monoisotopic (exact) mass is 302 g/mol. The first-order chi connectivity index (χ1) is 10.1.